The number of aryl methyl sites for hydroxylation is 4. The molecular weight excluding hydrogens is 655 g/mol. The Morgan fingerprint density at radius 1 is 0.773 bits per heavy atom. The van der Waals surface area contributed by atoms with E-state index in [1.165, 1.54) is 95.1 Å². The first-order valence-corrected chi connectivity index (χ1v) is 16.3. The number of hydrogen-bond acceptors (Lipinski definition) is 0. The SMILES string of the molecule is CCC1[C-]=CC(C(C)(C)C)=C1.Cc1[c-]c2c(cc1C)-c1cc(C)c(C)cc1C2.[Cl-].[Cl-].[Zr+2]=[C](c1ccccc1)c1ccccc1. The molecule has 1 unspecified atom stereocenters. The van der Waals surface area contributed by atoms with Crippen LogP contribution in [0.3, 0.4) is 0 Å². The first-order valence-electron chi connectivity index (χ1n) is 15.1. The molecule has 2 aliphatic rings. The number of rotatable bonds is 3. The van der Waals surface area contributed by atoms with Gasteiger partial charge in [-0.05, 0) is 37.0 Å². The van der Waals surface area contributed by atoms with Gasteiger partial charge in [0.05, 0.1) is 0 Å². The summed E-state index contributed by atoms with van der Waals surface area (Å²) in [5, 5.41) is 0. The molecule has 44 heavy (non-hydrogen) atoms. The van der Waals surface area contributed by atoms with Crippen molar-refractivity contribution in [2.45, 2.75) is 68.2 Å². The molecule has 4 aromatic carbocycles. The third kappa shape index (κ3) is 9.60. The van der Waals surface area contributed by atoms with Gasteiger partial charge in [0.1, 0.15) is 0 Å². The zero-order valence-electron chi connectivity index (χ0n) is 27.4. The molecule has 0 saturated heterocycles. The van der Waals surface area contributed by atoms with Crippen LogP contribution < -0.4 is 24.8 Å². The van der Waals surface area contributed by atoms with Gasteiger partial charge in [-0.15, -0.1) is 11.1 Å². The Kier molecular flexibility index (Phi) is 14.5. The molecule has 3 heteroatoms. The van der Waals surface area contributed by atoms with Crippen LogP contribution in [0.25, 0.3) is 11.1 Å². The minimum absolute atomic E-state index is 0. The van der Waals surface area contributed by atoms with E-state index in [1.54, 1.807) is 0 Å². The molecule has 0 saturated carbocycles. The van der Waals surface area contributed by atoms with Gasteiger partial charge in [-0.2, -0.15) is 34.9 Å². The van der Waals surface area contributed by atoms with Crippen LogP contribution >= 0.6 is 0 Å². The maximum absolute atomic E-state index is 3.54. The molecule has 0 bridgehead atoms. The molecule has 0 aliphatic heterocycles. The number of benzene rings is 4. The van der Waals surface area contributed by atoms with Gasteiger partial charge in [0.2, 0.25) is 0 Å². The molecule has 0 N–H and O–H groups in total. The third-order valence-corrected chi connectivity index (χ3v) is 9.68. The molecule has 4 aromatic rings. The topological polar surface area (TPSA) is 0 Å². The zero-order valence-corrected chi connectivity index (χ0v) is 31.4. The summed E-state index contributed by atoms with van der Waals surface area (Å²) in [6.07, 6.45) is 10.1. The molecule has 0 nitrogen and oxygen atoms in total. The normalized spacial score (nSPS) is 14.0. The van der Waals surface area contributed by atoms with E-state index in [-0.39, 0.29) is 24.8 Å². The predicted molar refractivity (Wildman–Crippen MR) is 178 cm³/mol. The van der Waals surface area contributed by atoms with Crippen LogP contribution in [0.1, 0.15) is 78.6 Å². The molecule has 0 radical (unpaired) electrons. The molecule has 0 amide bonds. The Hall–Kier alpha value is -2.31. The summed E-state index contributed by atoms with van der Waals surface area (Å²) in [7, 11) is 0. The quantitative estimate of drug-likeness (QED) is 0.245. The first-order chi connectivity index (χ1) is 20.0. The number of fused-ring (bicyclic) bond motifs is 3. The average Bonchev–Trinajstić information content (AvgIpc) is 3.60. The summed E-state index contributed by atoms with van der Waals surface area (Å²) < 4.78 is 1.42. The van der Waals surface area contributed by atoms with Crippen molar-refractivity contribution >= 4 is 3.21 Å². The van der Waals surface area contributed by atoms with Gasteiger partial charge in [-0.3, -0.25) is 6.08 Å². The number of hydrogen-bond donors (Lipinski definition) is 0. The summed E-state index contributed by atoms with van der Waals surface area (Å²) >= 11 is 1.46. The van der Waals surface area contributed by atoms with Gasteiger partial charge in [0, 0.05) is 0 Å². The minimum atomic E-state index is 0. The second-order valence-electron chi connectivity index (χ2n) is 12.5. The Balaban J connectivity index is 0.000000231. The Labute approximate surface area is 294 Å². The van der Waals surface area contributed by atoms with Crippen molar-refractivity contribution in [3.8, 4) is 11.1 Å². The van der Waals surface area contributed by atoms with Crippen molar-refractivity contribution in [2.24, 2.45) is 11.3 Å². The first kappa shape index (κ1) is 37.9. The van der Waals surface area contributed by atoms with E-state index in [4.69, 9.17) is 0 Å². The van der Waals surface area contributed by atoms with Crippen LogP contribution in [-0.2, 0) is 30.7 Å². The predicted octanol–water partition coefficient (Wildman–Crippen LogP) is 4.46. The molecule has 0 aromatic heterocycles. The van der Waals surface area contributed by atoms with Crippen LogP contribution in [0.15, 0.2) is 96.6 Å². The van der Waals surface area contributed by atoms with Gasteiger partial charge in [-0.25, -0.2) is 6.08 Å². The average molecular weight is 699 g/mol. The number of allylic oxidation sites excluding steroid dienone is 4. The molecule has 0 fully saturated rings. The van der Waals surface area contributed by atoms with Crippen molar-refractivity contribution in [3.63, 3.8) is 0 Å². The van der Waals surface area contributed by atoms with E-state index in [0.717, 1.165) is 6.42 Å². The third-order valence-electron chi connectivity index (χ3n) is 8.26. The van der Waals surface area contributed by atoms with E-state index in [1.807, 2.05) is 0 Å². The van der Waals surface area contributed by atoms with Gasteiger partial charge in [-0.1, -0.05) is 77.0 Å². The molecule has 2 aliphatic carbocycles. The summed E-state index contributed by atoms with van der Waals surface area (Å²) in [5.74, 6) is 0.573. The fourth-order valence-electron chi connectivity index (χ4n) is 5.24. The fraction of sp³-hybridized carbons (Fsp3) is 0.293. The Morgan fingerprint density at radius 2 is 1.30 bits per heavy atom. The number of halogens is 2. The van der Waals surface area contributed by atoms with Gasteiger partial charge in [0.25, 0.3) is 0 Å². The van der Waals surface area contributed by atoms with Crippen molar-refractivity contribution < 1.29 is 49.0 Å². The summed E-state index contributed by atoms with van der Waals surface area (Å²) in [6.45, 7) is 17.6. The standard InChI is InChI=1S/C17H17.C13H10.C11H17.2ClH.Zr/c1-10-5-14-9-15-6-11(2)13(4)8-17(15)16(14)7-12(10)3;1-3-7-12(8-4-1)11-13-9-5-2-6-10-13;1-5-9-6-7-10(8-9)11(2,3)4;;;/h5,7-8H,9H2,1-4H3;1-10H;7-9H,5H2,1-4H3;2*1H;/q-1;;-1;;;+2/p-2. The monoisotopic (exact) mass is 696 g/mol. The molecule has 0 spiro atoms. The molecular formula is C41H44Cl2Zr-2. The van der Waals surface area contributed by atoms with Crippen LogP contribution in [0.4, 0.5) is 0 Å². The van der Waals surface area contributed by atoms with E-state index in [0.29, 0.717) is 11.3 Å². The van der Waals surface area contributed by atoms with Crippen LogP contribution in [-0.4, -0.2) is 3.21 Å². The summed E-state index contributed by atoms with van der Waals surface area (Å²) in [6, 6.07) is 31.6. The Bertz CT molecular complexity index is 1510. The fourth-order valence-corrected chi connectivity index (χ4v) is 6.05. The van der Waals surface area contributed by atoms with Gasteiger partial charge >= 0.3 is 99.2 Å². The van der Waals surface area contributed by atoms with Crippen LogP contribution in [0.2, 0.25) is 0 Å². The summed E-state index contributed by atoms with van der Waals surface area (Å²) in [4.78, 5) is 0. The molecule has 228 valence electrons. The van der Waals surface area contributed by atoms with E-state index < -0.39 is 0 Å². The molecule has 6 rings (SSSR count). The van der Waals surface area contributed by atoms with E-state index in [2.05, 4.69) is 159 Å². The zero-order chi connectivity index (χ0) is 30.4. The molecule has 1 atom stereocenters. The van der Waals surface area contributed by atoms with Crippen molar-refractivity contribution in [1.82, 2.24) is 0 Å². The van der Waals surface area contributed by atoms with Crippen LogP contribution in [0.5, 0.6) is 0 Å². The maximum atomic E-state index is 3.54. The van der Waals surface area contributed by atoms with E-state index in [9.17, 15) is 0 Å². The second-order valence-corrected chi connectivity index (χ2v) is 13.8. The van der Waals surface area contributed by atoms with Crippen molar-refractivity contribution in [3.05, 3.63) is 153 Å². The van der Waals surface area contributed by atoms with Gasteiger partial charge < -0.3 is 24.8 Å². The van der Waals surface area contributed by atoms with Crippen molar-refractivity contribution in [2.75, 3.05) is 0 Å². The summed E-state index contributed by atoms with van der Waals surface area (Å²) in [5.41, 5.74) is 15.4. The molecule has 0 heterocycles. The van der Waals surface area contributed by atoms with Crippen molar-refractivity contribution in [1.29, 1.82) is 0 Å². The van der Waals surface area contributed by atoms with Gasteiger partial charge in [0.15, 0.2) is 0 Å². The Morgan fingerprint density at radius 3 is 1.77 bits per heavy atom. The second kappa shape index (κ2) is 16.8. The van der Waals surface area contributed by atoms with Crippen LogP contribution in [0, 0.1) is 51.2 Å². The van der Waals surface area contributed by atoms with E-state index >= 15 is 0 Å².